The van der Waals surface area contributed by atoms with Gasteiger partial charge in [0.15, 0.2) is 0 Å². The fraction of sp³-hybridized carbons (Fsp3) is 0.333. The third kappa shape index (κ3) is 2.82. The number of anilines is 1. The summed E-state index contributed by atoms with van der Waals surface area (Å²) in [7, 11) is 3.97. The highest BCUT2D eigenvalue weighted by Crippen LogP contribution is 2.32. The Kier molecular flexibility index (Phi) is 4.09. The molecule has 2 rings (SSSR count). The molecule has 2 aromatic rings. The van der Waals surface area contributed by atoms with Crippen molar-refractivity contribution in [2.45, 2.75) is 19.8 Å². The average Bonchev–Trinajstić information content (AvgIpc) is 2.84. The maximum absolute atomic E-state index is 11.3. The second-order valence-electron chi connectivity index (χ2n) is 5.13. The van der Waals surface area contributed by atoms with Gasteiger partial charge in [-0.3, -0.25) is 0 Å². The molecule has 0 bridgehead atoms. The second-order valence-corrected chi connectivity index (χ2v) is 6.13. The molecule has 1 heterocycles. The zero-order chi connectivity index (χ0) is 14.9. The van der Waals surface area contributed by atoms with Crippen LogP contribution in [0.1, 0.15) is 35.1 Å². The zero-order valence-corrected chi connectivity index (χ0v) is 12.9. The van der Waals surface area contributed by atoms with Crippen LogP contribution in [0.5, 0.6) is 0 Å². The van der Waals surface area contributed by atoms with E-state index in [-0.39, 0.29) is 5.92 Å². The van der Waals surface area contributed by atoms with Gasteiger partial charge in [0.2, 0.25) is 0 Å². The van der Waals surface area contributed by atoms with Gasteiger partial charge in [0, 0.05) is 25.3 Å². The van der Waals surface area contributed by atoms with E-state index < -0.39 is 5.97 Å². The van der Waals surface area contributed by atoms with Gasteiger partial charge in [0.25, 0.3) is 0 Å². The van der Waals surface area contributed by atoms with E-state index in [0.717, 1.165) is 16.3 Å². The number of carbonyl (C=O) groups is 1. The van der Waals surface area contributed by atoms with Crippen molar-refractivity contribution in [2.75, 3.05) is 19.0 Å². The van der Waals surface area contributed by atoms with Crippen LogP contribution in [0.25, 0.3) is 10.6 Å². The minimum absolute atomic E-state index is 0.104. The van der Waals surface area contributed by atoms with Crippen LogP contribution in [-0.4, -0.2) is 30.2 Å². The molecule has 0 fully saturated rings. The van der Waals surface area contributed by atoms with Crippen molar-refractivity contribution >= 4 is 23.0 Å². The normalized spacial score (nSPS) is 10.8. The molecule has 1 aromatic heterocycles. The maximum atomic E-state index is 11.3. The summed E-state index contributed by atoms with van der Waals surface area (Å²) in [5.74, 6) is -0.797. The molecule has 0 saturated carbocycles. The Hall–Kier alpha value is -1.88. The van der Waals surface area contributed by atoms with Gasteiger partial charge < -0.3 is 10.0 Å². The quantitative estimate of drug-likeness (QED) is 0.933. The van der Waals surface area contributed by atoms with Crippen LogP contribution in [0.4, 0.5) is 5.69 Å². The smallest absolute Gasteiger partial charge is 0.347 e. The predicted molar refractivity (Wildman–Crippen MR) is 82.9 cm³/mol. The lowest BCUT2D eigenvalue weighted by Gasteiger charge is -2.12. The summed E-state index contributed by atoms with van der Waals surface area (Å²) in [5.41, 5.74) is 2.72. The van der Waals surface area contributed by atoms with E-state index in [0.29, 0.717) is 10.6 Å². The molecule has 0 saturated heterocycles. The molecule has 0 amide bonds. The molecular weight excluding hydrogens is 272 g/mol. The standard InChI is InChI=1S/C15H18N2O2S/c1-9(2)12-13(15(18)19)20-14(16-12)10-5-7-11(8-6-10)17(3)4/h5-9H,1-4H3,(H,18,19). The summed E-state index contributed by atoms with van der Waals surface area (Å²) < 4.78 is 0. The minimum Gasteiger partial charge on any atom is -0.477 e. The number of nitrogens with zero attached hydrogens (tertiary/aromatic N) is 2. The first-order valence-corrected chi connectivity index (χ1v) is 7.23. The van der Waals surface area contributed by atoms with Gasteiger partial charge in [0.05, 0.1) is 5.69 Å². The van der Waals surface area contributed by atoms with E-state index in [1.165, 1.54) is 11.3 Å². The largest absolute Gasteiger partial charge is 0.477 e. The summed E-state index contributed by atoms with van der Waals surface area (Å²) in [6.45, 7) is 3.92. The Morgan fingerprint density at radius 2 is 1.85 bits per heavy atom. The van der Waals surface area contributed by atoms with Crippen LogP contribution in [0.15, 0.2) is 24.3 Å². The highest BCUT2D eigenvalue weighted by molar-refractivity contribution is 7.17. The second kappa shape index (κ2) is 5.63. The molecule has 0 radical (unpaired) electrons. The Labute approximate surface area is 122 Å². The fourth-order valence-electron chi connectivity index (χ4n) is 1.90. The lowest BCUT2D eigenvalue weighted by Crippen LogP contribution is -2.07. The van der Waals surface area contributed by atoms with Crippen molar-refractivity contribution in [3.05, 3.63) is 34.8 Å². The monoisotopic (exact) mass is 290 g/mol. The molecule has 0 aliphatic rings. The highest BCUT2D eigenvalue weighted by Gasteiger charge is 2.20. The van der Waals surface area contributed by atoms with Gasteiger partial charge in [-0.2, -0.15) is 0 Å². The summed E-state index contributed by atoms with van der Waals surface area (Å²) >= 11 is 1.24. The Balaban J connectivity index is 2.42. The van der Waals surface area contributed by atoms with E-state index in [1.807, 2.05) is 57.1 Å². The molecule has 1 aromatic carbocycles. The Bertz CT molecular complexity index is 615. The molecule has 20 heavy (non-hydrogen) atoms. The molecule has 0 unspecified atom stereocenters. The van der Waals surface area contributed by atoms with Gasteiger partial charge in [-0.25, -0.2) is 9.78 Å². The summed E-state index contributed by atoms with van der Waals surface area (Å²) in [4.78, 5) is 18.1. The maximum Gasteiger partial charge on any atom is 0.347 e. The fourth-order valence-corrected chi connectivity index (χ4v) is 2.97. The number of hydrogen-bond donors (Lipinski definition) is 1. The summed E-state index contributed by atoms with van der Waals surface area (Å²) in [6, 6.07) is 7.96. The molecule has 4 nitrogen and oxygen atoms in total. The van der Waals surface area contributed by atoms with Crippen molar-refractivity contribution in [3.63, 3.8) is 0 Å². The lowest BCUT2D eigenvalue weighted by molar-refractivity contribution is 0.0700. The number of rotatable bonds is 4. The number of aromatic nitrogens is 1. The Morgan fingerprint density at radius 3 is 2.25 bits per heavy atom. The molecule has 1 N–H and O–H groups in total. The first-order chi connectivity index (χ1) is 9.40. The van der Waals surface area contributed by atoms with Crippen molar-refractivity contribution in [1.82, 2.24) is 4.98 Å². The van der Waals surface area contributed by atoms with Crippen LogP contribution in [0.2, 0.25) is 0 Å². The first kappa shape index (κ1) is 14.5. The topological polar surface area (TPSA) is 53.4 Å². The van der Waals surface area contributed by atoms with Crippen LogP contribution in [0, 0.1) is 0 Å². The number of benzene rings is 1. The summed E-state index contributed by atoms with van der Waals surface area (Å²) in [6.07, 6.45) is 0. The number of carboxylic acid groups (broad SMARTS) is 1. The number of carboxylic acids is 1. The van der Waals surface area contributed by atoms with Gasteiger partial charge in [-0.1, -0.05) is 13.8 Å². The molecule has 106 valence electrons. The lowest BCUT2D eigenvalue weighted by atomic mass is 10.1. The Morgan fingerprint density at radius 1 is 1.25 bits per heavy atom. The number of thiazole rings is 1. The van der Waals surface area contributed by atoms with Crippen molar-refractivity contribution in [2.24, 2.45) is 0 Å². The summed E-state index contributed by atoms with van der Waals surface area (Å²) in [5, 5.41) is 10.0. The van der Waals surface area contributed by atoms with E-state index >= 15 is 0 Å². The van der Waals surface area contributed by atoms with Gasteiger partial charge in [0.1, 0.15) is 9.88 Å². The third-order valence-corrected chi connectivity index (χ3v) is 4.13. The SMILES string of the molecule is CC(C)c1nc(-c2ccc(N(C)C)cc2)sc1C(=O)O. The molecule has 0 spiro atoms. The molecule has 0 aliphatic heterocycles. The third-order valence-electron chi connectivity index (χ3n) is 3.03. The molecule has 0 atom stereocenters. The van der Waals surface area contributed by atoms with Crippen LogP contribution < -0.4 is 4.90 Å². The average molecular weight is 290 g/mol. The van der Waals surface area contributed by atoms with Gasteiger partial charge >= 0.3 is 5.97 Å². The predicted octanol–water partition coefficient (Wildman–Crippen LogP) is 3.70. The number of aromatic carboxylic acids is 1. The zero-order valence-electron chi connectivity index (χ0n) is 12.0. The molecule has 5 heteroatoms. The molecular formula is C15H18N2O2S. The van der Waals surface area contributed by atoms with E-state index in [9.17, 15) is 9.90 Å². The minimum atomic E-state index is -0.901. The van der Waals surface area contributed by atoms with E-state index in [1.54, 1.807) is 0 Å². The molecule has 0 aliphatic carbocycles. The van der Waals surface area contributed by atoms with E-state index in [2.05, 4.69) is 4.98 Å². The van der Waals surface area contributed by atoms with Crippen molar-refractivity contribution in [3.8, 4) is 10.6 Å². The van der Waals surface area contributed by atoms with Gasteiger partial charge in [-0.15, -0.1) is 11.3 Å². The van der Waals surface area contributed by atoms with Crippen LogP contribution in [-0.2, 0) is 0 Å². The number of hydrogen-bond acceptors (Lipinski definition) is 4. The van der Waals surface area contributed by atoms with Crippen molar-refractivity contribution < 1.29 is 9.90 Å². The van der Waals surface area contributed by atoms with Crippen molar-refractivity contribution in [1.29, 1.82) is 0 Å². The highest BCUT2D eigenvalue weighted by atomic mass is 32.1. The van der Waals surface area contributed by atoms with Gasteiger partial charge in [-0.05, 0) is 30.2 Å². The van der Waals surface area contributed by atoms with E-state index in [4.69, 9.17) is 0 Å². The van der Waals surface area contributed by atoms with Crippen LogP contribution >= 0.6 is 11.3 Å². The first-order valence-electron chi connectivity index (χ1n) is 6.42. The van der Waals surface area contributed by atoms with Crippen LogP contribution in [0.3, 0.4) is 0 Å².